The van der Waals surface area contributed by atoms with Crippen LogP contribution in [0.5, 0.6) is 0 Å². The summed E-state index contributed by atoms with van der Waals surface area (Å²) in [7, 11) is 0. The van der Waals surface area contributed by atoms with Crippen molar-refractivity contribution in [1.29, 1.82) is 0 Å². The van der Waals surface area contributed by atoms with Crippen molar-refractivity contribution in [3.05, 3.63) is 33.8 Å². The molecule has 0 aromatic heterocycles. The van der Waals surface area contributed by atoms with E-state index in [1.807, 2.05) is 18.2 Å². The zero-order valence-corrected chi connectivity index (χ0v) is 12.9. The minimum Gasteiger partial charge on any atom is -0.396 e. The maximum Gasteiger partial charge on any atom is 0.0595 e. The van der Waals surface area contributed by atoms with E-state index in [9.17, 15) is 5.11 Å². The van der Waals surface area contributed by atoms with Gasteiger partial charge in [0.15, 0.2) is 0 Å². The smallest absolute Gasteiger partial charge is 0.0595 e. The average molecular weight is 326 g/mol. The van der Waals surface area contributed by atoms with Crippen LogP contribution in [0.15, 0.2) is 18.2 Å². The van der Waals surface area contributed by atoms with Crippen LogP contribution in [0.2, 0.25) is 10.0 Å². The van der Waals surface area contributed by atoms with E-state index < -0.39 is 0 Å². The highest BCUT2D eigenvalue weighted by Crippen LogP contribution is 2.30. The molecule has 3 nitrogen and oxygen atoms in total. The molecule has 2 rings (SSSR count). The quantitative estimate of drug-likeness (QED) is 0.893. The van der Waals surface area contributed by atoms with Crippen LogP contribution in [-0.2, 0) is 0 Å². The number of hydrogen-bond acceptors (Lipinski definition) is 3. The lowest BCUT2D eigenvalue weighted by Crippen LogP contribution is -2.45. The Kier molecular flexibility index (Phi) is 7.44. The fraction of sp³-hybridized carbons (Fsp3) is 0.538. The molecule has 1 heterocycles. The first-order chi connectivity index (χ1) is 8.72. The summed E-state index contributed by atoms with van der Waals surface area (Å²) in [6.07, 6.45) is 0.720. The van der Waals surface area contributed by atoms with E-state index in [0.29, 0.717) is 10.0 Å². The SMILES string of the molecule is Cl.OCC[C@@H](c1ccc(Cl)c(Cl)c1)N1CCNCC1. The highest BCUT2D eigenvalue weighted by atomic mass is 35.5. The predicted octanol–water partition coefficient (Wildman–Crippen LogP) is 2.74. The summed E-state index contributed by atoms with van der Waals surface area (Å²) in [6, 6.07) is 5.95. The lowest BCUT2D eigenvalue weighted by molar-refractivity contribution is 0.141. The van der Waals surface area contributed by atoms with Gasteiger partial charge in [0.05, 0.1) is 10.0 Å². The molecule has 1 aromatic rings. The first-order valence-electron chi connectivity index (χ1n) is 6.23. The molecule has 0 spiro atoms. The van der Waals surface area contributed by atoms with Gasteiger partial charge in [0, 0.05) is 38.8 Å². The van der Waals surface area contributed by atoms with Crippen LogP contribution < -0.4 is 5.32 Å². The Hall–Kier alpha value is -0.0300. The number of halogens is 3. The Morgan fingerprint density at radius 1 is 1.21 bits per heavy atom. The molecule has 6 heteroatoms. The highest BCUT2D eigenvalue weighted by Gasteiger charge is 2.22. The zero-order chi connectivity index (χ0) is 13.0. The maximum atomic E-state index is 9.25. The second kappa shape index (κ2) is 8.30. The van der Waals surface area contributed by atoms with E-state index >= 15 is 0 Å². The minimum absolute atomic E-state index is 0. The van der Waals surface area contributed by atoms with Gasteiger partial charge < -0.3 is 10.4 Å². The van der Waals surface area contributed by atoms with Crippen LogP contribution in [0.25, 0.3) is 0 Å². The Labute approximate surface area is 130 Å². The number of benzene rings is 1. The second-order valence-corrected chi connectivity index (χ2v) is 5.30. The molecule has 0 bridgehead atoms. The maximum absolute atomic E-state index is 9.25. The Morgan fingerprint density at radius 2 is 1.89 bits per heavy atom. The van der Waals surface area contributed by atoms with Crippen LogP contribution in [0.1, 0.15) is 18.0 Å². The standard InChI is InChI=1S/C13H18Cl2N2O.ClH/c14-11-2-1-10(9-12(11)15)13(3-8-18)17-6-4-16-5-7-17;/h1-2,9,13,16,18H,3-8H2;1H/t13-;/m0./s1. The second-order valence-electron chi connectivity index (χ2n) is 4.49. The lowest BCUT2D eigenvalue weighted by atomic mass is 10.0. The van der Waals surface area contributed by atoms with Gasteiger partial charge in [-0.3, -0.25) is 4.90 Å². The fourth-order valence-electron chi connectivity index (χ4n) is 2.40. The Morgan fingerprint density at radius 3 is 2.47 bits per heavy atom. The van der Waals surface area contributed by atoms with E-state index in [0.717, 1.165) is 38.2 Å². The molecule has 1 saturated heterocycles. The van der Waals surface area contributed by atoms with Crippen molar-refractivity contribution in [1.82, 2.24) is 10.2 Å². The predicted molar refractivity (Wildman–Crippen MR) is 82.6 cm³/mol. The zero-order valence-electron chi connectivity index (χ0n) is 10.6. The minimum atomic E-state index is 0. The molecule has 108 valence electrons. The van der Waals surface area contributed by atoms with Gasteiger partial charge in [-0.25, -0.2) is 0 Å². The molecule has 19 heavy (non-hydrogen) atoms. The largest absolute Gasteiger partial charge is 0.396 e. The molecule has 1 fully saturated rings. The molecular formula is C13H19Cl3N2O. The summed E-state index contributed by atoms with van der Waals surface area (Å²) in [4.78, 5) is 2.38. The molecule has 0 radical (unpaired) electrons. The van der Waals surface area contributed by atoms with E-state index in [-0.39, 0.29) is 25.1 Å². The van der Waals surface area contributed by atoms with Crippen molar-refractivity contribution in [2.45, 2.75) is 12.5 Å². The first kappa shape index (κ1) is 17.0. The number of nitrogens with zero attached hydrogens (tertiary/aromatic N) is 1. The number of aliphatic hydroxyl groups is 1. The summed E-state index contributed by atoms with van der Waals surface area (Å²) in [5, 5.41) is 13.7. The monoisotopic (exact) mass is 324 g/mol. The van der Waals surface area contributed by atoms with Gasteiger partial charge >= 0.3 is 0 Å². The molecule has 1 atom stereocenters. The van der Waals surface area contributed by atoms with Crippen molar-refractivity contribution in [3.63, 3.8) is 0 Å². The van der Waals surface area contributed by atoms with Crippen molar-refractivity contribution < 1.29 is 5.11 Å². The van der Waals surface area contributed by atoms with Crippen LogP contribution in [0.4, 0.5) is 0 Å². The summed E-state index contributed by atoms with van der Waals surface area (Å²) >= 11 is 12.0. The van der Waals surface area contributed by atoms with Crippen molar-refractivity contribution in [2.75, 3.05) is 32.8 Å². The van der Waals surface area contributed by atoms with Gasteiger partial charge in [-0.2, -0.15) is 0 Å². The molecule has 0 saturated carbocycles. The van der Waals surface area contributed by atoms with Gasteiger partial charge in [0.1, 0.15) is 0 Å². The Bertz CT molecular complexity index is 397. The summed E-state index contributed by atoms with van der Waals surface area (Å²) < 4.78 is 0. The first-order valence-corrected chi connectivity index (χ1v) is 6.98. The average Bonchev–Trinajstić information content (AvgIpc) is 2.40. The fourth-order valence-corrected chi connectivity index (χ4v) is 2.70. The number of nitrogens with one attached hydrogen (secondary N) is 1. The van der Waals surface area contributed by atoms with Crippen LogP contribution in [-0.4, -0.2) is 42.8 Å². The molecule has 1 aliphatic heterocycles. The molecule has 0 unspecified atom stereocenters. The molecule has 2 N–H and O–H groups in total. The molecular weight excluding hydrogens is 307 g/mol. The molecule has 1 aromatic carbocycles. The number of aliphatic hydroxyl groups excluding tert-OH is 1. The van der Waals surface area contributed by atoms with Crippen LogP contribution >= 0.6 is 35.6 Å². The topological polar surface area (TPSA) is 35.5 Å². The number of hydrogen-bond donors (Lipinski definition) is 2. The molecule has 0 aliphatic carbocycles. The summed E-state index contributed by atoms with van der Waals surface area (Å²) in [5.74, 6) is 0. The van der Waals surface area contributed by atoms with Crippen molar-refractivity contribution in [2.24, 2.45) is 0 Å². The van der Waals surface area contributed by atoms with E-state index in [1.54, 1.807) is 0 Å². The Balaban J connectivity index is 0.00000180. The highest BCUT2D eigenvalue weighted by molar-refractivity contribution is 6.42. The molecule has 1 aliphatic rings. The number of piperazine rings is 1. The summed E-state index contributed by atoms with van der Waals surface area (Å²) in [5.41, 5.74) is 1.13. The van der Waals surface area contributed by atoms with Crippen LogP contribution in [0.3, 0.4) is 0 Å². The van der Waals surface area contributed by atoms with E-state index in [1.165, 1.54) is 0 Å². The van der Waals surface area contributed by atoms with Crippen molar-refractivity contribution in [3.8, 4) is 0 Å². The van der Waals surface area contributed by atoms with Gasteiger partial charge in [0.2, 0.25) is 0 Å². The summed E-state index contributed by atoms with van der Waals surface area (Å²) in [6.45, 7) is 4.14. The van der Waals surface area contributed by atoms with Gasteiger partial charge in [-0.15, -0.1) is 12.4 Å². The van der Waals surface area contributed by atoms with E-state index in [2.05, 4.69) is 10.2 Å². The normalized spacial score (nSPS) is 17.8. The van der Waals surface area contributed by atoms with Gasteiger partial charge in [-0.05, 0) is 24.1 Å². The van der Waals surface area contributed by atoms with Gasteiger partial charge in [-0.1, -0.05) is 29.3 Å². The third kappa shape index (κ3) is 4.48. The van der Waals surface area contributed by atoms with E-state index in [4.69, 9.17) is 23.2 Å². The third-order valence-electron chi connectivity index (χ3n) is 3.32. The van der Waals surface area contributed by atoms with Crippen LogP contribution in [0, 0.1) is 0 Å². The lowest BCUT2D eigenvalue weighted by Gasteiger charge is -2.35. The van der Waals surface area contributed by atoms with Crippen molar-refractivity contribution >= 4 is 35.6 Å². The van der Waals surface area contributed by atoms with Gasteiger partial charge in [0.25, 0.3) is 0 Å². The number of rotatable bonds is 4. The molecule has 0 amide bonds. The third-order valence-corrected chi connectivity index (χ3v) is 4.06.